The van der Waals surface area contributed by atoms with Crippen LogP contribution in [0.15, 0.2) is 18.2 Å². The maximum atomic E-state index is 11.4. The van der Waals surface area contributed by atoms with Crippen LogP contribution in [0.1, 0.15) is 18.1 Å². The minimum absolute atomic E-state index is 0.0436. The Morgan fingerprint density at radius 2 is 2.15 bits per heavy atom. The maximum absolute atomic E-state index is 11.4. The van der Waals surface area contributed by atoms with Crippen molar-refractivity contribution in [2.45, 2.75) is 20.4 Å². The van der Waals surface area contributed by atoms with E-state index < -0.39 is 0 Å². The first-order chi connectivity index (χ1) is 9.67. The molecule has 1 amide bonds. The normalized spacial score (nSPS) is 10.3. The molecule has 0 saturated carbocycles. The number of benzene rings is 1. The molecule has 112 valence electrons. The fourth-order valence-electron chi connectivity index (χ4n) is 1.78. The van der Waals surface area contributed by atoms with Crippen molar-refractivity contribution in [3.05, 3.63) is 29.3 Å². The van der Waals surface area contributed by atoms with Gasteiger partial charge in [0.2, 0.25) is 0 Å². The van der Waals surface area contributed by atoms with E-state index in [0.29, 0.717) is 19.7 Å². The maximum Gasteiger partial charge on any atom is 0.257 e. The Hall–Kier alpha value is -1.59. The Morgan fingerprint density at radius 1 is 1.35 bits per heavy atom. The van der Waals surface area contributed by atoms with Gasteiger partial charge in [-0.3, -0.25) is 4.79 Å². The van der Waals surface area contributed by atoms with Gasteiger partial charge < -0.3 is 20.1 Å². The van der Waals surface area contributed by atoms with E-state index in [1.54, 1.807) is 7.11 Å². The molecule has 5 heteroatoms. The van der Waals surface area contributed by atoms with Crippen molar-refractivity contribution in [2.75, 3.05) is 33.4 Å². The largest absolute Gasteiger partial charge is 0.483 e. The molecule has 0 atom stereocenters. The van der Waals surface area contributed by atoms with E-state index in [0.717, 1.165) is 17.9 Å². The van der Waals surface area contributed by atoms with Crippen LogP contribution in [0, 0.1) is 6.92 Å². The summed E-state index contributed by atoms with van der Waals surface area (Å²) in [5.74, 6) is 0.637. The molecule has 0 spiro atoms. The molecule has 0 aromatic heterocycles. The molecule has 0 bridgehead atoms. The van der Waals surface area contributed by atoms with Crippen LogP contribution in [0.5, 0.6) is 5.75 Å². The quantitative estimate of drug-likeness (QED) is 0.668. The Bertz CT molecular complexity index is 422. The molecule has 2 N–H and O–H groups in total. The summed E-state index contributed by atoms with van der Waals surface area (Å²) in [5.41, 5.74) is 2.21. The smallest absolute Gasteiger partial charge is 0.257 e. The van der Waals surface area contributed by atoms with Crippen LogP contribution >= 0.6 is 0 Å². The van der Waals surface area contributed by atoms with Gasteiger partial charge in [0.25, 0.3) is 5.91 Å². The number of hydrogen-bond donors (Lipinski definition) is 2. The lowest BCUT2D eigenvalue weighted by Gasteiger charge is -2.13. The van der Waals surface area contributed by atoms with Crippen LogP contribution in [-0.2, 0) is 16.1 Å². The number of aryl methyl sites for hydroxylation is 1. The monoisotopic (exact) mass is 280 g/mol. The van der Waals surface area contributed by atoms with Gasteiger partial charge in [0.05, 0.1) is 6.61 Å². The topological polar surface area (TPSA) is 59.6 Å². The first-order valence-electron chi connectivity index (χ1n) is 6.86. The minimum atomic E-state index is -0.105. The lowest BCUT2D eigenvalue weighted by Crippen LogP contribution is -2.28. The summed E-state index contributed by atoms with van der Waals surface area (Å²) in [6.07, 6.45) is 0. The van der Waals surface area contributed by atoms with Gasteiger partial charge in [-0.25, -0.2) is 0 Å². The summed E-state index contributed by atoms with van der Waals surface area (Å²) in [7, 11) is 1.68. The highest BCUT2D eigenvalue weighted by Gasteiger charge is 2.06. The van der Waals surface area contributed by atoms with E-state index in [1.807, 2.05) is 26.0 Å². The molecule has 0 aliphatic rings. The lowest BCUT2D eigenvalue weighted by molar-refractivity contribution is -0.122. The number of amides is 1. The molecule has 0 aliphatic carbocycles. The van der Waals surface area contributed by atoms with Crippen LogP contribution < -0.4 is 15.4 Å². The third kappa shape index (κ3) is 6.04. The van der Waals surface area contributed by atoms with E-state index in [-0.39, 0.29) is 12.5 Å². The predicted octanol–water partition coefficient (Wildman–Crippen LogP) is 1.25. The molecule has 0 heterocycles. The molecule has 1 rings (SSSR count). The molecule has 0 unspecified atom stereocenters. The Morgan fingerprint density at radius 3 is 2.85 bits per heavy atom. The molecule has 0 radical (unpaired) electrons. The lowest BCUT2D eigenvalue weighted by atomic mass is 10.1. The van der Waals surface area contributed by atoms with Gasteiger partial charge in [0, 0.05) is 32.3 Å². The Balaban J connectivity index is 2.57. The van der Waals surface area contributed by atoms with Gasteiger partial charge in [0.1, 0.15) is 5.75 Å². The van der Waals surface area contributed by atoms with Crippen molar-refractivity contribution in [3.63, 3.8) is 0 Å². The molecule has 0 fully saturated rings. The molecule has 20 heavy (non-hydrogen) atoms. The number of carbonyl (C=O) groups excluding carboxylic acids is 1. The van der Waals surface area contributed by atoms with Gasteiger partial charge in [0.15, 0.2) is 6.61 Å². The number of methoxy groups -OCH3 is 1. The van der Waals surface area contributed by atoms with Crippen molar-refractivity contribution in [3.8, 4) is 5.75 Å². The first-order valence-corrected chi connectivity index (χ1v) is 6.86. The highest BCUT2D eigenvalue weighted by Crippen LogP contribution is 2.19. The predicted molar refractivity (Wildman–Crippen MR) is 78.9 cm³/mol. The van der Waals surface area contributed by atoms with E-state index in [2.05, 4.69) is 16.7 Å². The van der Waals surface area contributed by atoms with Crippen LogP contribution in [0.3, 0.4) is 0 Å². The average molecular weight is 280 g/mol. The summed E-state index contributed by atoms with van der Waals surface area (Å²) in [6, 6.07) is 5.94. The second-order valence-corrected chi connectivity index (χ2v) is 4.52. The third-order valence-electron chi connectivity index (χ3n) is 2.75. The fourth-order valence-corrected chi connectivity index (χ4v) is 1.78. The van der Waals surface area contributed by atoms with Gasteiger partial charge in [-0.05, 0) is 19.9 Å². The molecular weight excluding hydrogens is 256 g/mol. The second kappa shape index (κ2) is 9.34. The van der Waals surface area contributed by atoms with Crippen LogP contribution in [-0.4, -0.2) is 39.3 Å². The number of hydrogen-bond acceptors (Lipinski definition) is 4. The van der Waals surface area contributed by atoms with Crippen LogP contribution in [0.25, 0.3) is 0 Å². The van der Waals surface area contributed by atoms with Crippen LogP contribution in [0.2, 0.25) is 0 Å². The van der Waals surface area contributed by atoms with Crippen molar-refractivity contribution in [1.29, 1.82) is 0 Å². The van der Waals surface area contributed by atoms with Gasteiger partial charge in [-0.2, -0.15) is 0 Å². The third-order valence-corrected chi connectivity index (χ3v) is 2.75. The van der Waals surface area contributed by atoms with Crippen LogP contribution in [0.4, 0.5) is 0 Å². The zero-order chi connectivity index (χ0) is 14.8. The van der Waals surface area contributed by atoms with Gasteiger partial charge in [-0.15, -0.1) is 0 Å². The Labute approximate surface area is 120 Å². The molecule has 1 aromatic carbocycles. The van der Waals surface area contributed by atoms with Gasteiger partial charge >= 0.3 is 0 Å². The standard InChI is InChI=1S/C15H24N2O3/c1-4-17-15(18)11-20-14-6-5-12(2)9-13(14)10-16-7-8-19-3/h5-6,9,16H,4,7-8,10-11H2,1-3H3,(H,17,18). The van der Waals surface area contributed by atoms with E-state index in [4.69, 9.17) is 9.47 Å². The molecular formula is C15H24N2O3. The van der Waals surface area contributed by atoms with E-state index in [1.165, 1.54) is 5.56 Å². The minimum Gasteiger partial charge on any atom is -0.483 e. The zero-order valence-electron chi connectivity index (χ0n) is 12.5. The summed E-state index contributed by atoms with van der Waals surface area (Å²) >= 11 is 0. The summed E-state index contributed by atoms with van der Waals surface area (Å²) < 4.78 is 10.6. The van der Waals surface area contributed by atoms with Crippen molar-refractivity contribution in [1.82, 2.24) is 10.6 Å². The second-order valence-electron chi connectivity index (χ2n) is 4.52. The van der Waals surface area contributed by atoms with E-state index >= 15 is 0 Å². The van der Waals surface area contributed by atoms with Crippen molar-refractivity contribution < 1.29 is 14.3 Å². The number of nitrogens with one attached hydrogen (secondary N) is 2. The molecule has 5 nitrogen and oxygen atoms in total. The summed E-state index contributed by atoms with van der Waals surface area (Å²) in [6.45, 7) is 6.71. The summed E-state index contributed by atoms with van der Waals surface area (Å²) in [4.78, 5) is 11.4. The molecule has 0 saturated heterocycles. The van der Waals surface area contributed by atoms with Gasteiger partial charge in [-0.1, -0.05) is 17.7 Å². The number of rotatable bonds is 9. The molecule has 0 aliphatic heterocycles. The zero-order valence-corrected chi connectivity index (χ0v) is 12.5. The van der Waals surface area contributed by atoms with Crippen molar-refractivity contribution in [2.24, 2.45) is 0 Å². The van der Waals surface area contributed by atoms with E-state index in [9.17, 15) is 4.79 Å². The summed E-state index contributed by atoms with van der Waals surface area (Å²) in [5, 5.41) is 5.99. The van der Waals surface area contributed by atoms with Crippen molar-refractivity contribution >= 4 is 5.91 Å². The first kappa shape index (κ1) is 16.5. The number of likely N-dealkylation sites (N-methyl/N-ethyl adjacent to an activating group) is 1. The molecule has 1 aromatic rings. The number of ether oxygens (including phenoxy) is 2. The Kier molecular flexibility index (Phi) is 7.69. The fraction of sp³-hybridized carbons (Fsp3) is 0.533. The highest BCUT2D eigenvalue weighted by atomic mass is 16.5. The SMILES string of the molecule is CCNC(=O)COc1ccc(C)cc1CNCCOC. The average Bonchev–Trinajstić information content (AvgIpc) is 2.43. The number of carbonyl (C=O) groups is 1. The highest BCUT2D eigenvalue weighted by molar-refractivity contribution is 5.77.